The van der Waals surface area contributed by atoms with Crippen LogP contribution in [-0.2, 0) is 0 Å². The molecule has 0 aliphatic carbocycles. The molecule has 0 aromatic heterocycles. The van der Waals surface area contributed by atoms with Crippen LogP contribution in [0.25, 0.3) is 0 Å². The van der Waals surface area contributed by atoms with Crippen molar-refractivity contribution >= 4 is 18.5 Å². The lowest BCUT2D eigenvalue weighted by Crippen LogP contribution is -2.29. The summed E-state index contributed by atoms with van der Waals surface area (Å²) in [6.07, 6.45) is 0. The van der Waals surface area contributed by atoms with E-state index in [4.69, 9.17) is 16.4 Å². The molecule has 0 aromatic carbocycles. The third-order valence-electron chi connectivity index (χ3n) is 1.26. The third kappa shape index (κ3) is 2.96. The van der Waals surface area contributed by atoms with Gasteiger partial charge >= 0.3 is 7.22 Å². The number of halogens is 1. The number of hydrogen-bond acceptors (Lipinski definition) is 1. The summed E-state index contributed by atoms with van der Waals surface area (Å²) in [4.78, 5) is 0. The van der Waals surface area contributed by atoms with E-state index in [0.717, 1.165) is 0 Å². The van der Waals surface area contributed by atoms with Gasteiger partial charge in [0.05, 0.1) is 0 Å². The fourth-order valence-corrected chi connectivity index (χ4v) is 2.86. The first-order valence-electron chi connectivity index (χ1n) is 3.42. The third-order valence-corrected chi connectivity index (χ3v) is 3.11. The van der Waals surface area contributed by atoms with E-state index < -0.39 is 7.22 Å². The lowest BCUT2D eigenvalue weighted by atomic mass is 10.3. The molecule has 0 radical (unpaired) electrons. The molecular formula is C6H15ClN2P+. The number of nitrogens with one attached hydrogen (secondary N) is 1. The van der Waals surface area contributed by atoms with E-state index in [9.17, 15) is 0 Å². The van der Waals surface area contributed by atoms with E-state index in [-0.39, 0.29) is 0 Å². The predicted octanol–water partition coefficient (Wildman–Crippen LogP) is 3.42. The molecule has 0 spiro atoms. The van der Waals surface area contributed by atoms with E-state index in [1.165, 1.54) is 0 Å². The molecule has 60 valence electrons. The minimum atomic E-state index is -1.19. The van der Waals surface area contributed by atoms with Gasteiger partial charge in [0.1, 0.15) is 0 Å². The molecule has 0 amide bonds. The van der Waals surface area contributed by atoms with Crippen LogP contribution in [0.5, 0.6) is 0 Å². The largest absolute Gasteiger partial charge is 0.416 e. The molecule has 0 saturated carbocycles. The van der Waals surface area contributed by atoms with Gasteiger partial charge in [-0.1, -0.05) is 9.83 Å². The molecule has 4 heteroatoms. The van der Waals surface area contributed by atoms with Gasteiger partial charge < -0.3 is 0 Å². The summed E-state index contributed by atoms with van der Waals surface area (Å²) in [5.74, 6) is 0. The molecule has 10 heavy (non-hydrogen) atoms. The molecule has 1 atom stereocenters. The Kier molecular flexibility index (Phi) is 4.42. The number of hydrogen-bond donors (Lipinski definition) is 1. The van der Waals surface area contributed by atoms with Gasteiger partial charge in [-0.25, -0.2) is 0 Å². The van der Waals surface area contributed by atoms with Gasteiger partial charge in [0.2, 0.25) is 11.2 Å². The zero-order valence-electron chi connectivity index (χ0n) is 6.93. The Morgan fingerprint density at radius 1 is 1.20 bits per heavy atom. The Bertz CT molecular complexity index is 117. The lowest BCUT2D eigenvalue weighted by Gasteiger charge is -2.17. The molecule has 0 aliphatic rings. The first-order valence-corrected chi connectivity index (χ1v) is 5.62. The molecule has 0 saturated heterocycles. The van der Waals surface area contributed by atoms with Crippen molar-refractivity contribution in [2.24, 2.45) is 0 Å². The van der Waals surface area contributed by atoms with Crippen molar-refractivity contribution in [2.75, 3.05) is 0 Å². The van der Waals surface area contributed by atoms with Gasteiger partial charge in [0, 0.05) is 12.1 Å². The predicted molar refractivity (Wildman–Crippen MR) is 47.6 cm³/mol. The highest BCUT2D eigenvalue weighted by molar-refractivity contribution is 7.72. The maximum Gasteiger partial charge on any atom is 0.416 e. The Labute approximate surface area is 68.7 Å². The van der Waals surface area contributed by atoms with Crippen LogP contribution in [0.15, 0.2) is 0 Å². The summed E-state index contributed by atoms with van der Waals surface area (Å²) in [7, 11) is -1.19. The second kappa shape index (κ2) is 4.27. The summed E-state index contributed by atoms with van der Waals surface area (Å²) >= 11 is 5.69. The monoisotopic (exact) mass is 181 g/mol. The van der Waals surface area contributed by atoms with Crippen molar-refractivity contribution in [3.05, 3.63) is 0 Å². The van der Waals surface area contributed by atoms with Crippen LogP contribution in [-0.4, -0.2) is 16.8 Å². The smallest absolute Gasteiger partial charge is 0.0921 e. The van der Waals surface area contributed by atoms with Crippen LogP contribution in [0.2, 0.25) is 0 Å². The number of nitrogens with zero attached hydrogens (tertiary/aromatic N) is 1. The van der Waals surface area contributed by atoms with Crippen LogP contribution in [0.1, 0.15) is 27.7 Å². The molecule has 1 unspecified atom stereocenters. The lowest BCUT2D eigenvalue weighted by molar-refractivity contribution is 0.328. The van der Waals surface area contributed by atoms with Crippen molar-refractivity contribution in [3.8, 4) is 0 Å². The van der Waals surface area contributed by atoms with E-state index in [1.807, 2.05) is 4.67 Å². The van der Waals surface area contributed by atoms with Gasteiger partial charge in [-0.15, -0.1) is 0 Å². The second-order valence-corrected chi connectivity index (χ2v) is 4.77. The molecule has 0 aromatic rings. The van der Waals surface area contributed by atoms with Gasteiger partial charge in [-0.2, -0.15) is 0 Å². The van der Waals surface area contributed by atoms with Crippen LogP contribution < -0.4 is 0 Å². The molecular weight excluding hydrogens is 167 g/mol. The summed E-state index contributed by atoms with van der Waals surface area (Å²) < 4.78 is 2.00. The Balaban J connectivity index is 4.12. The van der Waals surface area contributed by atoms with Gasteiger partial charge in [0.15, 0.2) is 0 Å². The van der Waals surface area contributed by atoms with E-state index >= 15 is 0 Å². The summed E-state index contributed by atoms with van der Waals surface area (Å²) in [5.41, 5.74) is 0. The Hall–Kier alpha value is 0.350. The highest BCUT2D eigenvalue weighted by atomic mass is 35.7. The molecule has 0 rings (SSSR count). The quantitative estimate of drug-likeness (QED) is 0.664. The SMILES string of the molecule is CC(C)N(C(C)C)[P+](=N)Cl. The first-order chi connectivity index (χ1) is 4.46. The molecule has 0 aliphatic heterocycles. The Morgan fingerprint density at radius 3 is 1.50 bits per heavy atom. The Morgan fingerprint density at radius 2 is 1.50 bits per heavy atom. The normalized spacial score (nSPS) is 13.4. The van der Waals surface area contributed by atoms with E-state index in [0.29, 0.717) is 12.1 Å². The average molecular weight is 182 g/mol. The molecule has 0 bridgehead atoms. The standard InChI is InChI=1S/C6H15ClN2P/c1-5(2)9(6(3)4)10(7)8/h5-6,8H,1-4H3/q+1. The maximum absolute atomic E-state index is 7.35. The van der Waals surface area contributed by atoms with Crippen LogP contribution in [0.3, 0.4) is 0 Å². The topological polar surface area (TPSA) is 27.1 Å². The molecule has 0 fully saturated rings. The van der Waals surface area contributed by atoms with Gasteiger partial charge in [-0.3, -0.25) is 0 Å². The van der Waals surface area contributed by atoms with Crippen LogP contribution in [0, 0.1) is 5.16 Å². The summed E-state index contributed by atoms with van der Waals surface area (Å²) in [5, 5.41) is 7.35. The zero-order chi connectivity index (χ0) is 8.31. The zero-order valence-corrected chi connectivity index (χ0v) is 8.58. The minimum absolute atomic E-state index is 0.376. The van der Waals surface area contributed by atoms with Gasteiger partial charge in [-0.05, 0) is 27.7 Å². The van der Waals surface area contributed by atoms with Crippen molar-refractivity contribution in [2.45, 2.75) is 39.8 Å². The van der Waals surface area contributed by atoms with Crippen molar-refractivity contribution in [1.82, 2.24) is 4.67 Å². The van der Waals surface area contributed by atoms with E-state index in [1.54, 1.807) is 0 Å². The molecule has 1 N–H and O–H groups in total. The van der Waals surface area contributed by atoms with Crippen LogP contribution in [0.4, 0.5) is 0 Å². The van der Waals surface area contributed by atoms with Crippen molar-refractivity contribution < 1.29 is 0 Å². The average Bonchev–Trinajstić information content (AvgIpc) is 1.59. The highest BCUT2D eigenvalue weighted by Gasteiger charge is 2.27. The van der Waals surface area contributed by atoms with Crippen molar-refractivity contribution in [3.63, 3.8) is 0 Å². The van der Waals surface area contributed by atoms with Crippen molar-refractivity contribution in [1.29, 1.82) is 5.16 Å². The second-order valence-electron chi connectivity index (χ2n) is 2.83. The summed E-state index contributed by atoms with van der Waals surface area (Å²) in [6.45, 7) is 8.25. The minimum Gasteiger partial charge on any atom is -0.0921 e. The highest BCUT2D eigenvalue weighted by Crippen LogP contribution is 2.36. The van der Waals surface area contributed by atoms with E-state index in [2.05, 4.69) is 27.7 Å². The van der Waals surface area contributed by atoms with Crippen LogP contribution >= 0.6 is 18.5 Å². The fraction of sp³-hybridized carbons (Fsp3) is 1.00. The summed E-state index contributed by atoms with van der Waals surface area (Å²) in [6, 6.07) is 0.752. The molecule has 0 heterocycles. The fourth-order valence-electron chi connectivity index (χ4n) is 1.00. The number of rotatable bonds is 3. The molecule has 2 nitrogen and oxygen atoms in total. The van der Waals surface area contributed by atoms with Gasteiger partial charge in [0.25, 0.3) is 0 Å². The first kappa shape index (κ1) is 10.3. The maximum atomic E-state index is 7.35.